The van der Waals surface area contributed by atoms with Crippen LogP contribution in [0.15, 0.2) is 18.2 Å². The molecule has 0 aromatic heterocycles. The summed E-state index contributed by atoms with van der Waals surface area (Å²) in [5.41, 5.74) is 4.60. The van der Waals surface area contributed by atoms with E-state index in [0.717, 1.165) is 31.0 Å². The van der Waals surface area contributed by atoms with Crippen LogP contribution in [0, 0.1) is 0 Å². The van der Waals surface area contributed by atoms with Crippen LogP contribution in [-0.4, -0.2) is 25.2 Å². The number of hydrogen-bond acceptors (Lipinski definition) is 3. The van der Waals surface area contributed by atoms with Crippen molar-refractivity contribution in [3.05, 3.63) is 29.3 Å². The monoisotopic (exact) mass is 302 g/mol. The molecular weight excluding hydrogens is 285 g/mol. The highest BCUT2D eigenvalue weighted by Crippen LogP contribution is 2.31. The molecule has 4 nitrogen and oxygen atoms in total. The number of rotatable bonds is 3. The number of nitrogens with two attached hydrogens (primary N) is 1. The largest absolute Gasteiger partial charge is 0.416 e. The lowest BCUT2D eigenvalue weighted by molar-refractivity contribution is -0.137. The first-order valence-electron chi connectivity index (χ1n) is 6.61. The summed E-state index contributed by atoms with van der Waals surface area (Å²) in [6, 6.07) is 2.65. The molecule has 116 valence electrons. The van der Waals surface area contributed by atoms with E-state index < -0.39 is 17.6 Å². The minimum absolute atomic E-state index is 0.0294. The van der Waals surface area contributed by atoms with Crippen LogP contribution in [0.2, 0.25) is 0 Å². The third-order valence-electron chi connectivity index (χ3n) is 3.68. The molecule has 2 unspecified atom stereocenters. The second kappa shape index (κ2) is 5.93. The molecule has 1 aliphatic rings. The zero-order valence-corrected chi connectivity index (χ0v) is 11.5. The van der Waals surface area contributed by atoms with E-state index in [4.69, 9.17) is 10.5 Å². The second-order valence-corrected chi connectivity index (χ2v) is 5.14. The van der Waals surface area contributed by atoms with Gasteiger partial charge in [-0.25, -0.2) is 0 Å². The molecule has 0 aliphatic heterocycles. The fourth-order valence-corrected chi connectivity index (χ4v) is 2.48. The fourth-order valence-electron chi connectivity index (χ4n) is 2.48. The summed E-state index contributed by atoms with van der Waals surface area (Å²) in [5.74, 6) is -0.583. The average molecular weight is 302 g/mol. The summed E-state index contributed by atoms with van der Waals surface area (Å²) in [5, 5.41) is 2.71. The maximum Gasteiger partial charge on any atom is 0.416 e. The van der Waals surface area contributed by atoms with Gasteiger partial charge in [-0.2, -0.15) is 13.2 Å². The lowest BCUT2D eigenvalue weighted by Crippen LogP contribution is -2.34. The average Bonchev–Trinajstić information content (AvgIpc) is 2.85. The van der Waals surface area contributed by atoms with Crippen LogP contribution in [0.1, 0.15) is 35.2 Å². The molecule has 1 aliphatic carbocycles. The Labute approximate surface area is 120 Å². The van der Waals surface area contributed by atoms with Gasteiger partial charge in [0.05, 0.1) is 17.2 Å². The van der Waals surface area contributed by atoms with Crippen LogP contribution >= 0.6 is 0 Å². The number of benzene rings is 1. The first-order chi connectivity index (χ1) is 9.81. The molecule has 7 heteroatoms. The predicted octanol–water partition coefficient (Wildman–Crippen LogP) is 2.58. The van der Waals surface area contributed by atoms with Gasteiger partial charge in [0.1, 0.15) is 0 Å². The molecular formula is C14H17F3N2O2. The van der Waals surface area contributed by atoms with Gasteiger partial charge in [-0.05, 0) is 37.5 Å². The Hall–Kier alpha value is -1.76. The summed E-state index contributed by atoms with van der Waals surface area (Å²) in [6.07, 6.45) is -2.21. The summed E-state index contributed by atoms with van der Waals surface area (Å²) in [4.78, 5) is 12.1. The van der Waals surface area contributed by atoms with Crippen LogP contribution in [-0.2, 0) is 10.9 Å². The quantitative estimate of drug-likeness (QED) is 0.844. The molecule has 0 heterocycles. The topological polar surface area (TPSA) is 64.3 Å². The molecule has 1 amide bonds. The number of hydrogen-bond donors (Lipinski definition) is 2. The van der Waals surface area contributed by atoms with Gasteiger partial charge in [-0.15, -0.1) is 0 Å². The molecule has 0 radical (unpaired) electrons. The number of anilines is 1. The maximum absolute atomic E-state index is 12.7. The van der Waals surface area contributed by atoms with Crippen molar-refractivity contribution in [2.75, 3.05) is 12.8 Å². The molecule has 0 bridgehead atoms. The van der Waals surface area contributed by atoms with E-state index in [0.29, 0.717) is 6.42 Å². The van der Waals surface area contributed by atoms with Gasteiger partial charge in [-0.1, -0.05) is 0 Å². The number of ether oxygens (including phenoxy) is 1. The van der Waals surface area contributed by atoms with Gasteiger partial charge in [0.25, 0.3) is 5.91 Å². The summed E-state index contributed by atoms with van der Waals surface area (Å²) < 4.78 is 43.2. The van der Waals surface area contributed by atoms with Crippen LogP contribution < -0.4 is 11.1 Å². The van der Waals surface area contributed by atoms with Gasteiger partial charge in [0.15, 0.2) is 0 Å². The van der Waals surface area contributed by atoms with Crippen LogP contribution in [0.5, 0.6) is 0 Å². The van der Waals surface area contributed by atoms with Gasteiger partial charge >= 0.3 is 6.18 Å². The van der Waals surface area contributed by atoms with Crippen molar-refractivity contribution < 1.29 is 22.7 Å². The Kier molecular flexibility index (Phi) is 4.41. The highest BCUT2D eigenvalue weighted by molar-refractivity contribution is 5.99. The number of nitrogen functional groups attached to an aromatic ring is 1. The molecule has 0 saturated heterocycles. The first kappa shape index (κ1) is 15.6. The highest BCUT2D eigenvalue weighted by atomic mass is 19.4. The van der Waals surface area contributed by atoms with E-state index >= 15 is 0 Å². The number of halogens is 3. The standard InChI is InChI=1S/C14H17F3N2O2/c1-21-10-4-3-9(7-10)19-13(20)11-6-8(14(15,16)17)2-5-12(11)18/h2,5-6,9-10H,3-4,7,18H2,1H3,(H,19,20). The number of methoxy groups -OCH3 is 1. The minimum Gasteiger partial charge on any atom is -0.398 e. The predicted molar refractivity (Wildman–Crippen MR) is 71.8 cm³/mol. The zero-order chi connectivity index (χ0) is 15.6. The Morgan fingerprint density at radius 1 is 1.38 bits per heavy atom. The van der Waals surface area contributed by atoms with Crippen LogP contribution in [0.4, 0.5) is 18.9 Å². The van der Waals surface area contributed by atoms with Crippen LogP contribution in [0.3, 0.4) is 0 Å². The number of carbonyl (C=O) groups excluding carboxylic acids is 1. The molecule has 1 saturated carbocycles. The number of amides is 1. The normalized spacial score (nSPS) is 22.3. The van der Waals surface area contributed by atoms with Crippen molar-refractivity contribution in [2.24, 2.45) is 0 Å². The summed E-state index contributed by atoms with van der Waals surface area (Å²) in [6.45, 7) is 0. The molecule has 1 aromatic carbocycles. The Morgan fingerprint density at radius 2 is 2.10 bits per heavy atom. The van der Waals surface area contributed by atoms with Crippen molar-refractivity contribution >= 4 is 11.6 Å². The number of nitrogens with one attached hydrogen (secondary N) is 1. The van der Waals surface area contributed by atoms with Crippen molar-refractivity contribution in [3.8, 4) is 0 Å². The second-order valence-electron chi connectivity index (χ2n) is 5.14. The zero-order valence-electron chi connectivity index (χ0n) is 11.5. The van der Waals surface area contributed by atoms with Gasteiger partial charge in [-0.3, -0.25) is 4.79 Å². The molecule has 2 rings (SSSR count). The van der Waals surface area contributed by atoms with E-state index in [1.165, 1.54) is 0 Å². The Balaban J connectivity index is 2.12. The summed E-state index contributed by atoms with van der Waals surface area (Å²) in [7, 11) is 1.60. The Morgan fingerprint density at radius 3 is 2.67 bits per heavy atom. The fraction of sp³-hybridized carbons (Fsp3) is 0.500. The van der Waals surface area contributed by atoms with Crippen molar-refractivity contribution in [2.45, 2.75) is 37.6 Å². The Bertz CT molecular complexity index is 531. The lowest BCUT2D eigenvalue weighted by Gasteiger charge is -2.15. The summed E-state index contributed by atoms with van der Waals surface area (Å²) >= 11 is 0. The van der Waals surface area contributed by atoms with Gasteiger partial charge < -0.3 is 15.8 Å². The third-order valence-corrected chi connectivity index (χ3v) is 3.68. The molecule has 2 atom stereocenters. The molecule has 0 spiro atoms. The van der Waals surface area contributed by atoms with E-state index in [-0.39, 0.29) is 23.4 Å². The van der Waals surface area contributed by atoms with Gasteiger partial charge in [0, 0.05) is 18.8 Å². The number of carbonyl (C=O) groups is 1. The number of alkyl halides is 3. The molecule has 1 fully saturated rings. The molecule has 1 aromatic rings. The lowest BCUT2D eigenvalue weighted by atomic mass is 10.1. The van der Waals surface area contributed by atoms with E-state index in [2.05, 4.69) is 5.32 Å². The van der Waals surface area contributed by atoms with Crippen molar-refractivity contribution in [1.82, 2.24) is 5.32 Å². The van der Waals surface area contributed by atoms with Gasteiger partial charge in [0.2, 0.25) is 0 Å². The van der Waals surface area contributed by atoms with Crippen molar-refractivity contribution in [1.29, 1.82) is 0 Å². The SMILES string of the molecule is COC1CCC(NC(=O)c2cc(C(F)(F)F)ccc2N)C1. The van der Waals surface area contributed by atoms with E-state index in [9.17, 15) is 18.0 Å². The highest BCUT2D eigenvalue weighted by Gasteiger charge is 2.32. The van der Waals surface area contributed by atoms with Crippen LogP contribution in [0.25, 0.3) is 0 Å². The minimum atomic E-state index is -4.50. The van der Waals surface area contributed by atoms with Crippen molar-refractivity contribution in [3.63, 3.8) is 0 Å². The smallest absolute Gasteiger partial charge is 0.398 e. The van der Waals surface area contributed by atoms with E-state index in [1.807, 2.05) is 0 Å². The van der Waals surface area contributed by atoms with E-state index in [1.54, 1.807) is 7.11 Å². The molecule has 21 heavy (non-hydrogen) atoms. The molecule has 3 N–H and O–H groups in total. The maximum atomic E-state index is 12.7. The first-order valence-corrected chi connectivity index (χ1v) is 6.61. The third kappa shape index (κ3) is 3.66.